The zero-order valence-corrected chi connectivity index (χ0v) is 19.0. The van der Waals surface area contributed by atoms with Crippen LogP contribution in [-0.2, 0) is 10.0 Å². The molecule has 2 aromatic carbocycles. The van der Waals surface area contributed by atoms with E-state index in [9.17, 15) is 13.2 Å². The fraction of sp³-hybridized carbons (Fsp3) is 0.238. The number of anilines is 1. The smallest absolute Gasteiger partial charge is 0.257 e. The second-order valence-electron chi connectivity index (χ2n) is 6.90. The molecule has 0 aliphatic heterocycles. The van der Waals surface area contributed by atoms with E-state index >= 15 is 0 Å². The van der Waals surface area contributed by atoms with Gasteiger partial charge in [-0.15, -0.1) is 11.3 Å². The molecule has 0 fully saturated rings. The fourth-order valence-electron chi connectivity index (χ4n) is 2.90. The molecular formula is C21H23N3O4S2. The molecule has 158 valence electrons. The summed E-state index contributed by atoms with van der Waals surface area (Å²) in [5.41, 5.74) is 3.10. The molecule has 30 heavy (non-hydrogen) atoms. The first-order valence-corrected chi connectivity index (χ1v) is 11.4. The van der Waals surface area contributed by atoms with Crippen LogP contribution in [0.15, 0.2) is 46.7 Å². The van der Waals surface area contributed by atoms with Gasteiger partial charge in [-0.3, -0.25) is 10.1 Å². The minimum absolute atomic E-state index is 0.117. The van der Waals surface area contributed by atoms with Gasteiger partial charge in [-0.1, -0.05) is 12.1 Å². The molecule has 0 saturated carbocycles. The third kappa shape index (κ3) is 4.23. The van der Waals surface area contributed by atoms with Crippen LogP contribution >= 0.6 is 11.3 Å². The number of sulfonamides is 1. The monoisotopic (exact) mass is 445 g/mol. The number of aryl methyl sites for hydroxylation is 1. The van der Waals surface area contributed by atoms with Gasteiger partial charge in [-0.05, 0) is 49.2 Å². The first-order valence-electron chi connectivity index (χ1n) is 9.09. The van der Waals surface area contributed by atoms with E-state index in [-0.39, 0.29) is 10.5 Å². The number of thiazole rings is 1. The number of para-hydroxylation sites is 1. The normalized spacial score (nSPS) is 11.5. The van der Waals surface area contributed by atoms with E-state index < -0.39 is 15.9 Å². The molecule has 3 aromatic rings. The van der Waals surface area contributed by atoms with Gasteiger partial charge in [-0.2, -0.15) is 0 Å². The predicted molar refractivity (Wildman–Crippen MR) is 119 cm³/mol. The zero-order valence-electron chi connectivity index (χ0n) is 17.4. The van der Waals surface area contributed by atoms with Gasteiger partial charge >= 0.3 is 0 Å². The summed E-state index contributed by atoms with van der Waals surface area (Å²) in [5, 5.41) is 5.00. The summed E-state index contributed by atoms with van der Waals surface area (Å²) < 4.78 is 31.8. The molecule has 9 heteroatoms. The number of hydrogen-bond donors (Lipinski definition) is 1. The highest BCUT2D eigenvalue weighted by atomic mass is 32.2. The summed E-state index contributed by atoms with van der Waals surface area (Å²) in [6.07, 6.45) is 0. The SMILES string of the molecule is COc1ccccc1-c1csc(NC(=O)c2cc(C)c(C)c(S(=O)(=O)N(C)C)c2)n1. The maximum atomic E-state index is 12.8. The standard InChI is InChI=1S/C21H23N3O4S2/c1-13-10-15(11-19(14(13)2)30(26,27)24(3)4)20(25)23-21-22-17(12-29-21)16-8-6-7-9-18(16)28-5/h6-12H,1-5H3,(H,22,23,25). The summed E-state index contributed by atoms with van der Waals surface area (Å²) in [4.78, 5) is 17.4. The average Bonchev–Trinajstić information content (AvgIpc) is 3.17. The molecule has 0 unspecified atom stereocenters. The Bertz CT molecular complexity index is 1200. The van der Waals surface area contributed by atoms with Crippen LogP contribution in [0.4, 0.5) is 5.13 Å². The molecule has 1 N–H and O–H groups in total. The van der Waals surface area contributed by atoms with Gasteiger partial charge in [0.2, 0.25) is 10.0 Å². The Morgan fingerprint density at radius 3 is 2.53 bits per heavy atom. The van der Waals surface area contributed by atoms with Gasteiger partial charge in [0.1, 0.15) is 5.75 Å². The van der Waals surface area contributed by atoms with Gasteiger partial charge in [0.15, 0.2) is 5.13 Å². The van der Waals surface area contributed by atoms with Crippen molar-refractivity contribution >= 4 is 32.4 Å². The van der Waals surface area contributed by atoms with Gasteiger partial charge in [-0.25, -0.2) is 17.7 Å². The molecule has 0 spiro atoms. The number of carbonyl (C=O) groups is 1. The predicted octanol–water partition coefficient (Wildman–Crippen LogP) is 3.94. The maximum absolute atomic E-state index is 12.8. The lowest BCUT2D eigenvalue weighted by Gasteiger charge is -2.16. The molecule has 0 bridgehead atoms. The third-order valence-electron chi connectivity index (χ3n) is 4.75. The number of aromatic nitrogens is 1. The van der Waals surface area contributed by atoms with Crippen LogP contribution in [0.25, 0.3) is 11.3 Å². The highest BCUT2D eigenvalue weighted by Crippen LogP contribution is 2.32. The number of amides is 1. The minimum atomic E-state index is -3.67. The summed E-state index contributed by atoms with van der Waals surface area (Å²) in [5.74, 6) is 0.266. The first kappa shape index (κ1) is 21.9. The molecular weight excluding hydrogens is 422 g/mol. The van der Waals surface area contributed by atoms with E-state index in [2.05, 4.69) is 10.3 Å². The number of nitrogens with one attached hydrogen (secondary N) is 1. The van der Waals surface area contributed by atoms with Gasteiger partial charge in [0.05, 0.1) is 17.7 Å². The molecule has 1 heterocycles. The Kier molecular flexibility index (Phi) is 6.25. The van der Waals surface area contributed by atoms with E-state index in [0.29, 0.717) is 22.1 Å². The van der Waals surface area contributed by atoms with E-state index in [4.69, 9.17) is 4.74 Å². The zero-order chi connectivity index (χ0) is 22.1. The van der Waals surface area contributed by atoms with Crippen molar-refractivity contribution < 1.29 is 17.9 Å². The van der Waals surface area contributed by atoms with Crippen molar-refractivity contribution in [3.8, 4) is 17.0 Å². The highest BCUT2D eigenvalue weighted by Gasteiger charge is 2.23. The largest absolute Gasteiger partial charge is 0.496 e. The number of rotatable bonds is 6. The Labute approximate surface area is 180 Å². The molecule has 3 rings (SSSR count). The van der Waals surface area contributed by atoms with Crippen molar-refractivity contribution in [2.75, 3.05) is 26.5 Å². The van der Waals surface area contributed by atoms with Crippen LogP contribution in [0.5, 0.6) is 5.75 Å². The Balaban J connectivity index is 1.91. The van der Waals surface area contributed by atoms with Gasteiger partial charge < -0.3 is 4.74 Å². The van der Waals surface area contributed by atoms with Crippen molar-refractivity contribution in [3.05, 3.63) is 58.5 Å². The topological polar surface area (TPSA) is 88.6 Å². The number of ether oxygens (including phenoxy) is 1. The van der Waals surface area contributed by atoms with Crippen LogP contribution in [0.2, 0.25) is 0 Å². The van der Waals surface area contributed by atoms with Crippen LogP contribution in [0.3, 0.4) is 0 Å². The minimum Gasteiger partial charge on any atom is -0.496 e. The fourth-order valence-corrected chi connectivity index (χ4v) is 4.83. The Morgan fingerprint density at radius 1 is 1.17 bits per heavy atom. The lowest BCUT2D eigenvalue weighted by Crippen LogP contribution is -2.24. The van der Waals surface area contributed by atoms with Crippen LogP contribution in [-0.4, -0.2) is 44.8 Å². The van der Waals surface area contributed by atoms with E-state index in [0.717, 1.165) is 15.4 Å². The van der Waals surface area contributed by atoms with Crippen molar-refractivity contribution in [1.29, 1.82) is 0 Å². The van der Waals surface area contributed by atoms with Crippen molar-refractivity contribution in [1.82, 2.24) is 9.29 Å². The third-order valence-corrected chi connectivity index (χ3v) is 7.45. The molecule has 0 aliphatic rings. The lowest BCUT2D eigenvalue weighted by atomic mass is 10.1. The quantitative estimate of drug-likeness (QED) is 0.621. The first-order chi connectivity index (χ1) is 14.1. The van der Waals surface area contributed by atoms with Crippen LogP contribution in [0, 0.1) is 13.8 Å². The molecule has 0 atom stereocenters. The lowest BCUT2D eigenvalue weighted by molar-refractivity contribution is 0.102. The second kappa shape index (κ2) is 8.55. The van der Waals surface area contributed by atoms with Crippen molar-refractivity contribution in [2.24, 2.45) is 0 Å². The molecule has 7 nitrogen and oxygen atoms in total. The molecule has 1 amide bonds. The Hall–Kier alpha value is -2.75. The highest BCUT2D eigenvalue weighted by molar-refractivity contribution is 7.89. The molecule has 0 aliphatic carbocycles. The number of carbonyl (C=O) groups excluding carboxylic acids is 1. The van der Waals surface area contributed by atoms with E-state index in [1.165, 1.54) is 31.5 Å². The van der Waals surface area contributed by atoms with Crippen LogP contribution in [0.1, 0.15) is 21.5 Å². The van der Waals surface area contributed by atoms with Crippen molar-refractivity contribution in [3.63, 3.8) is 0 Å². The van der Waals surface area contributed by atoms with Gasteiger partial charge in [0.25, 0.3) is 5.91 Å². The number of hydrogen-bond acceptors (Lipinski definition) is 6. The maximum Gasteiger partial charge on any atom is 0.257 e. The van der Waals surface area contributed by atoms with E-state index in [1.807, 2.05) is 29.6 Å². The number of methoxy groups -OCH3 is 1. The average molecular weight is 446 g/mol. The Morgan fingerprint density at radius 2 is 1.87 bits per heavy atom. The molecule has 1 aromatic heterocycles. The van der Waals surface area contributed by atoms with Gasteiger partial charge in [0, 0.05) is 30.6 Å². The second-order valence-corrected chi connectivity index (χ2v) is 9.87. The summed E-state index contributed by atoms with van der Waals surface area (Å²) >= 11 is 1.28. The summed E-state index contributed by atoms with van der Waals surface area (Å²) in [7, 11) is 0.846. The van der Waals surface area contributed by atoms with E-state index in [1.54, 1.807) is 27.0 Å². The van der Waals surface area contributed by atoms with Crippen molar-refractivity contribution in [2.45, 2.75) is 18.7 Å². The summed E-state index contributed by atoms with van der Waals surface area (Å²) in [6, 6.07) is 10.6. The summed E-state index contributed by atoms with van der Waals surface area (Å²) in [6.45, 7) is 3.51. The number of benzene rings is 2. The molecule has 0 saturated heterocycles. The van der Waals surface area contributed by atoms with Crippen LogP contribution < -0.4 is 10.1 Å². The molecule has 0 radical (unpaired) electrons. The number of nitrogens with zero attached hydrogens (tertiary/aromatic N) is 2.